The molecular weight excluding hydrogens is 486 g/mol. The monoisotopic (exact) mass is 515 g/mol. The second-order valence-corrected chi connectivity index (χ2v) is 10.1. The Morgan fingerprint density at radius 2 is 1.94 bits per heavy atom. The van der Waals surface area contributed by atoms with Crippen LogP contribution in [0, 0.1) is 6.92 Å². The van der Waals surface area contributed by atoms with Crippen molar-refractivity contribution in [1.29, 1.82) is 0 Å². The van der Waals surface area contributed by atoms with Gasteiger partial charge < -0.3 is 14.5 Å². The number of carbonyl (C=O) groups is 2. The molecule has 0 bridgehead atoms. The molecule has 0 saturated carbocycles. The Morgan fingerprint density at radius 1 is 1.20 bits per heavy atom. The molecule has 4 rings (SSSR count). The summed E-state index contributed by atoms with van der Waals surface area (Å²) in [5.41, 5.74) is 1.54. The number of thioether (sulfide) groups is 1. The van der Waals surface area contributed by atoms with Crippen LogP contribution in [0.25, 0.3) is 11.7 Å². The van der Waals surface area contributed by atoms with Crippen molar-refractivity contribution in [3.05, 3.63) is 44.7 Å². The number of amides is 2. The van der Waals surface area contributed by atoms with E-state index in [0.29, 0.717) is 65.6 Å². The van der Waals surface area contributed by atoms with Crippen LogP contribution in [0.2, 0.25) is 0 Å². The Balaban J connectivity index is 1.73. The third kappa shape index (κ3) is 5.20. The highest BCUT2D eigenvalue weighted by molar-refractivity contribution is 8.26. The van der Waals surface area contributed by atoms with Crippen molar-refractivity contribution >= 4 is 57.8 Å². The van der Waals surface area contributed by atoms with Crippen LogP contribution >= 0.6 is 24.0 Å². The molecule has 2 aliphatic rings. The fourth-order valence-electron chi connectivity index (χ4n) is 4.07. The van der Waals surface area contributed by atoms with Crippen LogP contribution in [0.15, 0.2) is 28.0 Å². The number of thiocarbonyl (C=S) groups is 1. The predicted molar refractivity (Wildman–Crippen MR) is 142 cm³/mol. The van der Waals surface area contributed by atoms with Crippen molar-refractivity contribution in [2.45, 2.75) is 33.6 Å². The second-order valence-electron chi connectivity index (χ2n) is 8.45. The summed E-state index contributed by atoms with van der Waals surface area (Å²) in [7, 11) is 0. The van der Waals surface area contributed by atoms with Gasteiger partial charge in [0.15, 0.2) is 0 Å². The molecule has 11 heteroatoms. The van der Waals surface area contributed by atoms with Gasteiger partial charge >= 0.3 is 6.09 Å². The van der Waals surface area contributed by atoms with Crippen LogP contribution in [-0.4, -0.2) is 74.8 Å². The number of nitrogens with zero attached hydrogens (tertiary/aromatic N) is 5. The van der Waals surface area contributed by atoms with Gasteiger partial charge in [0.2, 0.25) is 0 Å². The molecule has 2 saturated heterocycles. The molecule has 2 fully saturated rings. The third-order valence-corrected chi connectivity index (χ3v) is 7.35. The molecule has 0 unspecified atom stereocenters. The maximum atomic E-state index is 13.6. The summed E-state index contributed by atoms with van der Waals surface area (Å²) in [6.45, 7) is 8.52. The molecule has 0 aromatic carbocycles. The zero-order chi connectivity index (χ0) is 25.1. The molecule has 0 aliphatic carbocycles. The molecule has 2 aromatic heterocycles. The Bertz CT molecular complexity index is 1250. The number of piperazine rings is 1. The first-order chi connectivity index (χ1) is 16.8. The summed E-state index contributed by atoms with van der Waals surface area (Å²) in [6, 6.07) is 3.71. The van der Waals surface area contributed by atoms with Gasteiger partial charge in [0, 0.05) is 38.9 Å². The van der Waals surface area contributed by atoms with E-state index in [1.54, 1.807) is 29.0 Å². The Hall–Kier alpha value is -2.92. The fraction of sp³-hybridized carbons (Fsp3) is 0.458. The van der Waals surface area contributed by atoms with Gasteiger partial charge in [-0.25, -0.2) is 9.78 Å². The van der Waals surface area contributed by atoms with E-state index in [1.807, 2.05) is 24.0 Å². The topological polar surface area (TPSA) is 87.5 Å². The molecular formula is C24H29N5O4S2. The van der Waals surface area contributed by atoms with Gasteiger partial charge in [0.25, 0.3) is 11.5 Å². The Labute approximate surface area is 213 Å². The van der Waals surface area contributed by atoms with Crippen molar-refractivity contribution in [1.82, 2.24) is 19.2 Å². The number of unbranched alkanes of at least 4 members (excludes halogenated alkanes) is 1. The minimum atomic E-state index is -0.342. The van der Waals surface area contributed by atoms with Gasteiger partial charge in [0.05, 0.1) is 17.1 Å². The normalized spacial score (nSPS) is 17.7. The van der Waals surface area contributed by atoms with Gasteiger partial charge in [-0.2, -0.15) is 0 Å². The number of pyridine rings is 1. The summed E-state index contributed by atoms with van der Waals surface area (Å²) in [5, 5.41) is 0. The first kappa shape index (κ1) is 25.2. The lowest BCUT2D eigenvalue weighted by Gasteiger charge is -2.35. The molecule has 0 radical (unpaired) electrons. The van der Waals surface area contributed by atoms with Gasteiger partial charge in [-0.1, -0.05) is 43.4 Å². The van der Waals surface area contributed by atoms with Crippen LogP contribution in [0.1, 0.15) is 37.8 Å². The standard InChI is InChI=1S/C24H29N5O4S2/c1-4-6-9-28-22(31)18(35-24(28)34)14-17-20(25-19-8-7-16(3)15-29(19)21(17)30)26-10-12-27(13-11-26)23(32)33-5-2/h7-8,14-15H,4-6,9-13H2,1-3H3. The van der Waals surface area contributed by atoms with E-state index in [0.717, 1.165) is 18.4 Å². The minimum absolute atomic E-state index is 0.180. The van der Waals surface area contributed by atoms with Gasteiger partial charge in [-0.05, 0) is 38.0 Å². The van der Waals surface area contributed by atoms with Crippen LogP contribution in [0.4, 0.5) is 10.6 Å². The molecule has 35 heavy (non-hydrogen) atoms. The molecule has 9 nitrogen and oxygen atoms in total. The van der Waals surface area contributed by atoms with Crippen molar-refractivity contribution in [3.8, 4) is 0 Å². The largest absolute Gasteiger partial charge is 0.450 e. The van der Waals surface area contributed by atoms with Gasteiger partial charge in [0.1, 0.15) is 15.8 Å². The average molecular weight is 516 g/mol. The maximum Gasteiger partial charge on any atom is 0.409 e. The lowest BCUT2D eigenvalue weighted by Crippen LogP contribution is -2.49. The van der Waals surface area contributed by atoms with Gasteiger partial charge in [-0.15, -0.1) is 0 Å². The zero-order valence-electron chi connectivity index (χ0n) is 20.2. The van der Waals surface area contributed by atoms with Crippen LogP contribution in [-0.2, 0) is 9.53 Å². The Kier molecular flexibility index (Phi) is 7.75. The summed E-state index contributed by atoms with van der Waals surface area (Å²) < 4.78 is 7.13. The van der Waals surface area contributed by atoms with E-state index >= 15 is 0 Å². The van der Waals surface area contributed by atoms with E-state index < -0.39 is 0 Å². The van der Waals surface area contributed by atoms with Crippen LogP contribution < -0.4 is 10.5 Å². The van der Waals surface area contributed by atoms with Crippen molar-refractivity contribution in [2.24, 2.45) is 0 Å². The number of anilines is 1. The quantitative estimate of drug-likeness (QED) is 0.428. The smallest absolute Gasteiger partial charge is 0.409 e. The highest BCUT2D eigenvalue weighted by Gasteiger charge is 2.33. The number of carbonyl (C=O) groups excluding carboxylic acids is 2. The first-order valence-electron chi connectivity index (χ1n) is 11.8. The average Bonchev–Trinajstić information content (AvgIpc) is 3.12. The Morgan fingerprint density at radius 3 is 2.63 bits per heavy atom. The maximum absolute atomic E-state index is 13.6. The second kappa shape index (κ2) is 10.8. The predicted octanol–water partition coefficient (Wildman–Crippen LogP) is 3.28. The van der Waals surface area contributed by atoms with Crippen molar-refractivity contribution in [2.75, 3.05) is 44.2 Å². The number of ether oxygens (including phenoxy) is 1. The van der Waals surface area contributed by atoms with E-state index in [2.05, 4.69) is 6.92 Å². The first-order valence-corrected chi connectivity index (χ1v) is 13.0. The number of hydrogen-bond donors (Lipinski definition) is 0. The number of aryl methyl sites for hydroxylation is 1. The molecule has 2 aromatic rings. The summed E-state index contributed by atoms with van der Waals surface area (Å²) in [6.07, 6.45) is 4.84. The fourth-order valence-corrected chi connectivity index (χ4v) is 5.36. The summed E-state index contributed by atoms with van der Waals surface area (Å²) in [5.74, 6) is 0.321. The van der Waals surface area contributed by atoms with E-state index in [1.165, 1.54) is 16.2 Å². The third-order valence-electron chi connectivity index (χ3n) is 5.97. The molecule has 0 atom stereocenters. The molecule has 2 aliphatic heterocycles. The van der Waals surface area contributed by atoms with E-state index in [-0.39, 0.29) is 17.6 Å². The van der Waals surface area contributed by atoms with Crippen LogP contribution in [0.3, 0.4) is 0 Å². The minimum Gasteiger partial charge on any atom is -0.450 e. The van der Waals surface area contributed by atoms with Crippen molar-refractivity contribution < 1.29 is 14.3 Å². The lowest BCUT2D eigenvalue weighted by molar-refractivity contribution is -0.122. The molecule has 0 N–H and O–H groups in total. The highest BCUT2D eigenvalue weighted by atomic mass is 32.2. The molecule has 2 amide bonds. The number of hydrogen-bond acceptors (Lipinski definition) is 8. The zero-order valence-corrected chi connectivity index (χ0v) is 21.8. The SMILES string of the molecule is CCCCN1C(=O)C(=Cc2c(N3CCN(C(=O)OCC)CC3)nc3ccc(C)cn3c2=O)SC1=S. The molecule has 4 heterocycles. The summed E-state index contributed by atoms with van der Waals surface area (Å²) in [4.78, 5) is 49.3. The van der Waals surface area contributed by atoms with Gasteiger partial charge in [-0.3, -0.25) is 18.9 Å². The number of aromatic nitrogens is 2. The highest BCUT2D eigenvalue weighted by Crippen LogP contribution is 2.33. The molecule has 186 valence electrons. The summed E-state index contributed by atoms with van der Waals surface area (Å²) >= 11 is 6.65. The number of rotatable bonds is 6. The lowest BCUT2D eigenvalue weighted by atomic mass is 10.2. The van der Waals surface area contributed by atoms with E-state index in [4.69, 9.17) is 21.9 Å². The molecule has 0 spiro atoms. The van der Waals surface area contributed by atoms with Crippen molar-refractivity contribution in [3.63, 3.8) is 0 Å². The van der Waals surface area contributed by atoms with E-state index in [9.17, 15) is 14.4 Å². The number of fused-ring (bicyclic) bond motifs is 1. The van der Waals surface area contributed by atoms with Crippen LogP contribution in [0.5, 0.6) is 0 Å².